The van der Waals surface area contributed by atoms with Crippen molar-refractivity contribution >= 4 is 11.6 Å². The lowest BCUT2D eigenvalue weighted by Gasteiger charge is -2.60. The first-order valence-electron chi connectivity index (χ1n) is 10.3. The average Bonchev–Trinajstić information content (AvgIpc) is 3.37. The van der Waals surface area contributed by atoms with Crippen molar-refractivity contribution in [3.63, 3.8) is 0 Å². The Balaban J connectivity index is 1.37. The third-order valence-electron chi connectivity index (χ3n) is 7.30. The maximum absolute atomic E-state index is 13.1. The minimum absolute atomic E-state index is 0.120. The largest absolute Gasteiger partial charge is 0.420 e. The van der Waals surface area contributed by atoms with Crippen LogP contribution in [0.25, 0.3) is 11.5 Å². The Hall–Kier alpha value is -2.42. The van der Waals surface area contributed by atoms with E-state index in [1.54, 1.807) is 12.4 Å². The molecule has 0 spiro atoms. The number of aromatic nitrogens is 5. The topological polar surface area (TPSA) is 69.6 Å². The fourth-order valence-corrected chi connectivity index (χ4v) is 6.71. The minimum atomic E-state index is -4.43. The summed E-state index contributed by atoms with van der Waals surface area (Å²) in [5.41, 5.74) is -0.942. The highest BCUT2D eigenvalue weighted by atomic mass is 35.5. The van der Waals surface area contributed by atoms with Crippen molar-refractivity contribution in [2.75, 3.05) is 0 Å². The Labute approximate surface area is 180 Å². The van der Waals surface area contributed by atoms with Crippen LogP contribution in [0.4, 0.5) is 13.2 Å². The lowest BCUT2D eigenvalue weighted by molar-refractivity contribution is -0.137. The highest BCUT2D eigenvalue weighted by Gasteiger charge is 2.61. The van der Waals surface area contributed by atoms with Gasteiger partial charge in [-0.1, -0.05) is 6.07 Å². The Kier molecular flexibility index (Phi) is 3.92. The summed E-state index contributed by atoms with van der Waals surface area (Å²) in [7, 11) is 0. The van der Waals surface area contributed by atoms with Gasteiger partial charge < -0.3 is 4.42 Å². The SMILES string of the molecule is FC(F)(F)c1cccc(-c2nnc(C34C[C@@H]5C[C@@H](C3)CC(n3cnc(Cl)n3)(C5)C4)o2)c1. The van der Waals surface area contributed by atoms with E-state index in [1.165, 1.54) is 12.5 Å². The number of rotatable bonds is 3. The van der Waals surface area contributed by atoms with Crippen LogP contribution < -0.4 is 0 Å². The van der Waals surface area contributed by atoms with Crippen LogP contribution in [0.15, 0.2) is 35.0 Å². The third kappa shape index (κ3) is 3.00. The number of nitrogens with zero attached hydrogens (tertiary/aromatic N) is 5. The van der Waals surface area contributed by atoms with E-state index in [0.717, 1.165) is 44.2 Å². The summed E-state index contributed by atoms with van der Waals surface area (Å²) in [5, 5.41) is 13.1. The summed E-state index contributed by atoms with van der Waals surface area (Å²) < 4.78 is 47.3. The highest BCUT2D eigenvalue weighted by Crippen LogP contribution is 2.64. The van der Waals surface area contributed by atoms with Gasteiger partial charge in [-0.05, 0) is 80.2 Å². The molecule has 10 heteroatoms. The van der Waals surface area contributed by atoms with Crippen molar-refractivity contribution in [2.24, 2.45) is 11.8 Å². The normalized spacial score (nSPS) is 32.0. The molecule has 4 saturated carbocycles. The second kappa shape index (κ2) is 6.31. The lowest BCUT2D eigenvalue weighted by Crippen LogP contribution is -2.58. The molecular formula is C21H19ClF3N5O. The Morgan fingerprint density at radius 2 is 1.87 bits per heavy atom. The van der Waals surface area contributed by atoms with Crippen LogP contribution in [0.2, 0.25) is 5.28 Å². The molecule has 4 aliphatic carbocycles. The molecule has 0 unspecified atom stereocenters. The van der Waals surface area contributed by atoms with Gasteiger partial charge in [-0.3, -0.25) is 0 Å². The lowest BCUT2D eigenvalue weighted by atomic mass is 9.47. The monoisotopic (exact) mass is 449 g/mol. The maximum atomic E-state index is 13.1. The predicted molar refractivity (Wildman–Crippen MR) is 104 cm³/mol. The molecule has 4 aliphatic rings. The molecule has 2 aromatic heterocycles. The fraction of sp³-hybridized carbons (Fsp3) is 0.524. The zero-order chi connectivity index (χ0) is 21.4. The van der Waals surface area contributed by atoms with E-state index in [2.05, 4.69) is 20.3 Å². The Bertz CT molecular complexity index is 1140. The predicted octanol–water partition coefficient (Wildman–Crippen LogP) is 5.25. The smallest absolute Gasteiger partial charge is 0.416 e. The maximum Gasteiger partial charge on any atom is 0.416 e. The van der Waals surface area contributed by atoms with E-state index < -0.39 is 11.7 Å². The van der Waals surface area contributed by atoms with E-state index in [0.29, 0.717) is 17.7 Å². The molecule has 4 fully saturated rings. The van der Waals surface area contributed by atoms with Crippen molar-refractivity contribution in [3.05, 3.63) is 47.3 Å². The Morgan fingerprint density at radius 1 is 1.10 bits per heavy atom. The zero-order valence-electron chi connectivity index (χ0n) is 16.4. The molecule has 31 heavy (non-hydrogen) atoms. The van der Waals surface area contributed by atoms with Crippen LogP contribution in [-0.2, 0) is 17.1 Å². The molecule has 2 heterocycles. The molecule has 4 bridgehead atoms. The van der Waals surface area contributed by atoms with Gasteiger partial charge in [-0.25, -0.2) is 9.67 Å². The van der Waals surface area contributed by atoms with Crippen LogP contribution in [-0.4, -0.2) is 25.0 Å². The second-order valence-electron chi connectivity index (χ2n) is 9.41. The molecular weight excluding hydrogens is 431 g/mol. The number of hydrogen-bond donors (Lipinski definition) is 0. The molecule has 7 rings (SSSR count). The van der Waals surface area contributed by atoms with Crippen molar-refractivity contribution in [1.82, 2.24) is 25.0 Å². The summed E-state index contributed by atoms with van der Waals surface area (Å²) in [6, 6.07) is 5.00. The van der Waals surface area contributed by atoms with E-state index >= 15 is 0 Å². The van der Waals surface area contributed by atoms with Gasteiger partial charge in [0.15, 0.2) is 0 Å². The van der Waals surface area contributed by atoms with E-state index in [9.17, 15) is 13.2 Å². The number of hydrogen-bond acceptors (Lipinski definition) is 5. The van der Waals surface area contributed by atoms with Gasteiger partial charge in [0.05, 0.1) is 16.5 Å². The van der Waals surface area contributed by atoms with Gasteiger partial charge in [-0.2, -0.15) is 13.2 Å². The van der Waals surface area contributed by atoms with Crippen LogP contribution in [0, 0.1) is 11.8 Å². The van der Waals surface area contributed by atoms with Crippen LogP contribution in [0.5, 0.6) is 0 Å². The molecule has 1 aromatic carbocycles. The van der Waals surface area contributed by atoms with Gasteiger partial charge in [0, 0.05) is 5.56 Å². The van der Waals surface area contributed by atoms with Gasteiger partial charge in [-0.15, -0.1) is 15.3 Å². The third-order valence-corrected chi connectivity index (χ3v) is 7.47. The molecule has 0 N–H and O–H groups in total. The van der Waals surface area contributed by atoms with Crippen molar-refractivity contribution in [1.29, 1.82) is 0 Å². The summed E-state index contributed by atoms with van der Waals surface area (Å²) in [6.45, 7) is 0. The van der Waals surface area contributed by atoms with Crippen molar-refractivity contribution in [3.8, 4) is 11.5 Å². The van der Waals surface area contributed by atoms with E-state index in [-0.39, 0.29) is 27.7 Å². The molecule has 3 aromatic rings. The van der Waals surface area contributed by atoms with Crippen LogP contribution in [0.1, 0.15) is 50.0 Å². The van der Waals surface area contributed by atoms with Crippen LogP contribution >= 0.6 is 11.6 Å². The highest BCUT2D eigenvalue weighted by molar-refractivity contribution is 6.28. The molecule has 0 aliphatic heterocycles. The molecule has 6 nitrogen and oxygen atoms in total. The average molecular weight is 450 g/mol. The van der Waals surface area contributed by atoms with Gasteiger partial charge in [0.1, 0.15) is 6.33 Å². The van der Waals surface area contributed by atoms with Gasteiger partial charge >= 0.3 is 6.18 Å². The molecule has 162 valence electrons. The van der Waals surface area contributed by atoms with Gasteiger partial charge in [0.25, 0.3) is 0 Å². The first kappa shape index (κ1) is 19.3. The number of alkyl halides is 3. The number of halogens is 4. The fourth-order valence-electron chi connectivity index (χ4n) is 6.59. The second-order valence-corrected chi connectivity index (χ2v) is 9.75. The summed E-state index contributed by atoms with van der Waals surface area (Å²) in [4.78, 5) is 4.12. The van der Waals surface area contributed by atoms with Gasteiger partial charge in [0.2, 0.25) is 17.1 Å². The standard InChI is InChI=1S/C21H19ClF3N5O/c22-18-26-11-30(29-18)20-8-12-4-13(9-20)7-19(6-12,10-20)17-28-27-16(31-17)14-2-1-3-15(5-14)21(23,24)25/h1-3,5,11-13H,4,6-10H2/t12-,13-,19?,20?/m0/s1. The van der Waals surface area contributed by atoms with E-state index in [4.69, 9.17) is 16.0 Å². The van der Waals surface area contributed by atoms with Crippen molar-refractivity contribution < 1.29 is 17.6 Å². The summed E-state index contributed by atoms with van der Waals surface area (Å²) in [5.74, 6) is 1.65. The quantitative estimate of drug-likeness (QED) is 0.546. The molecule has 0 saturated heterocycles. The first-order chi connectivity index (χ1) is 14.7. The molecule has 0 radical (unpaired) electrons. The van der Waals surface area contributed by atoms with Crippen molar-refractivity contribution in [2.45, 2.75) is 55.7 Å². The Morgan fingerprint density at radius 3 is 2.55 bits per heavy atom. The van der Waals surface area contributed by atoms with Crippen LogP contribution in [0.3, 0.4) is 0 Å². The minimum Gasteiger partial charge on any atom is -0.420 e. The zero-order valence-corrected chi connectivity index (χ0v) is 17.2. The first-order valence-corrected chi connectivity index (χ1v) is 10.7. The summed E-state index contributed by atoms with van der Waals surface area (Å²) >= 11 is 6.00. The molecule has 2 atom stereocenters. The number of benzene rings is 1. The molecule has 0 amide bonds. The van der Waals surface area contributed by atoms with E-state index in [1.807, 2.05) is 4.68 Å². The summed E-state index contributed by atoms with van der Waals surface area (Å²) in [6.07, 6.45) is 3.14.